The normalized spacial score (nSPS) is 33.0. The fraction of sp³-hybridized carbons (Fsp3) is 0.867. The quantitative estimate of drug-likeness (QED) is 0.886. The molecular weight excluding hydrogens is 238 g/mol. The number of hydrogen-bond acceptors (Lipinski definition) is 4. The van der Waals surface area contributed by atoms with Crippen molar-refractivity contribution in [3.05, 3.63) is 11.7 Å². The lowest BCUT2D eigenvalue weighted by Crippen LogP contribution is -2.21. The molecule has 1 saturated carbocycles. The molecule has 0 aromatic carbocycles. The summed E-state index contributed by atoms with van der Waals surface area (Å²) in [6.07, 6.45) is 10.00. The Bertz CT molecular complexity index is 388. The van der Waals surface area contributed by atoms with Gasteiger partial charge in [-0.3, -0.25) is 0 Å². The lowest BCUT2D eigenvalue weighted by Gasteiger charge is -2.23. The van der Waals surface area contributed by atoms with Crippen molar-refractivity contribution >= 4 is 0 Å². The van der Waals surface area contributed by atoms with Crippen LogP contribution in [-0.2, 0) is 0 Å². The fourth-order valence-corrected chi connectivity index (χ4v) is 3.31. The minimum atomic E-state index is 0.308. The highest BCUT2D eigenvalue weighted by atomic mass is 16.5. The topological polar surface area (TPSA) is 51.0 Å². The average Bonchev–Trinajstić information content (AvgIpc) is 2.76. The van der Waals surface area contributed by atoms with Crippen molar-refractivity contribution < 1.29 is 4.52 Å². The summed E-state index contributed by atoms with van der Waals surface area (Å²) in [6, 6.07) is 0.308. The lowest BCUT2D eigenvalue weighted by atomic mass is 9.83. The molecule has 19 heavy (non-hydrogen) atoms. The number of rotatable bonds is 2. The van der Waals surface area contributed by atoms with Crippen molar-refractivity contribution in [3.8, 4) is 0 Å². The zero-order valence-electron chi connectivity index (χ0n) is 11.9. The van der Waals surface area contributed by atoms with Crippen LogP contribution in [0.1, 0.15) is 82.0 Å². The molecule has 1 N–H and O–H groups in total. The number of aromatic nitrogens is 2. The van der Waals surface area contributed by atoms with Gasteiger partial charge in [0, 0.05) is 5.92 Å². The Labute approximate surface area is 115 Å². The number of hydrogen-bond donors (Lipinski definition) is 1. The van der Waals surface area contributed by atoms with E-state index in [1.54, 1.807) is 0 Å². The van der Waals surface area contributed by atoms with Gasteiger partial charge in [-0.1, -0.05) is 24.9 Å². The molecule has 106 valence electrons. The van der Waals surface area contributed by atoms with E-state index in [0.29, 0.717) is 12.0 Å². The maximum Gasteiger partial charge on any atom is 0.229 e. The Kier molecular flexibility index (Phi) is 4.16. The van der Waals surface area contributed by atoms with Crippen molar-refractivity contribution in [3.63, 3.8) is 0 Å². The highest BCUT2D eigenvalue weighted by Gasteiger charge is 2.26. The third kappa shape index (κ3) is 3.16. The van der Waals surface area contributed by atoms with Gasteiger partial charge in [0.05, 0.1) is 6.04 Å². The molecule has 1 aromatic rings. The molecule has 4 nitrogen and oxygen atoms in total. The molecule has 0 spiro atoms. The van der Waals surface area contributed by atoms with Crippen molar-refractivity contribution in [2.45, 2.75) is 70.3 Å². The van der Waals surface area contributed by atoms with Crippen LogP contribution in [0.25, 0.3) is 0 Å². The van der Waals surface area contributed by atoms with E-state index in [0.717, 1.165) is 30.6 Å². The summed E-state index contributed by atoms with van der Waals surface area (Å²) in [5.74, 6) is 3.13. The molecular formula is C15H25N3O. The summed E-state index contributed by atoms with van der Waals surface area (Å²) in [4.78, 5) is 4.68. The summed E-state index contributed by atoms with van der Waals surface area (Å²) < 4.78 is 5.53. The smallest absolute Gasteiger partial charge is 0.229 e. The Hall–Kier alpha value is -0.900. The number of nitrogens with zero attached hydrogens (tertiary/aromatic N) is 2. The van der Waals surface area contributed by atoms with Gasteiger partial charge in [-0.05, 0) is 51.0 Å². The van der Waals surface area contributed by atoms with Crippen LogP contribution in [0.3, 0.4) is 0 Å². The highest BCUT2D eigenvalue weighted by molar-refractivity contribution is 5.00. The summed E-state index contributed by atoms with van der Waals surface area (Å²) in [5.41, 5.74) is 0. The third-order valence-corrected chi connectivity index (χ3v) is 4.69. The molecule has 1 aliphatic carbocycles. The predicted octanol–water partition coefficient (Wildman–Crippen LogP) is 3.57. The van der Waals surface area contributed by atoms with Crippen LogP contribution < -0.4 is 5.32 Å². The molecule has 2 aliphatic rings. The first-order chi connectivity index (χ1) is 9.33. The second-order valence-electron chi connectivity index (χ2n) is 6.30. The maximum atomic E-state index is 5.53. The summed E-state index contributed by atoms with van der Waals surface area (Å²) >= 11 is 0. The summed E-state index contributed by atoms with van der Waals surface area (Å²) in [5, 5.41) is 7.76. The van der Waals surface area contributed by atoms with Crippen LogP contribution in [0.4, 0.5) is 0 Å². The molecule has 1 aromatic heterocycles. The molecule has 2 fully saturated rings. The average molecular weight is 263 g/mol. The van der Waals surface area contributed by atoms with Crippen LogP contribution >= 0.6 is 0 Å². The van der Waals surface area contributed by atoms with Crippen LogP contribution in [0.2, 0.25) is 0 Å². The Morgan fingerprint density at radius 2 is 1.89 bits per heavy atom. The van der Waals surface area contributed by atoms with Gasteiger partial charge in [0.25, 0.3) is 0 Å². The first-order valence-electron chi connectivity index (χ1n) is 7.90. The molecule has 1 saturated heterocycles. The van der Waals surface area contributed by atoms with Crippen LogP contribution in [-0.4, -0.2) is 16.7 Å². The van der Waals surface area contributed by atoms with E-state index in [9.17, 15) is 0 Å². The van der Waals surface area contributed by atoms with Gasteiger partial charge in [0.1, 0.15) is 0 Å². The minimum absolute atomic E-state index is 0.308. The highest BCUT2D eigenvalue weighted by Crippen LogP contribution is 2.35. The van der Waals surface area contributed by atoms with Gasteiger partial charge in [-0.25, -0.2) is 0 Å². The fourth-order valence-electron chi connectivity index (χ4n) is 3.31. The van der Waals surface area contributed by atoms with E-state index < -0.39 is 0 Å². The molecule has 0 radical (unpaired) electrons. The predicted molar refractivity (Wildman–Crippen MR) is 73.9 cm³/mol. The van der Waals surface area contributed by atoms with Crippen molar-refractivity contribution in [2.24, 2.45) is 5.92 Å². The van der Waals surface area contributed by atoms with Crippen molar-refractivity contribution in [2.75, 3.05) is 6.54 Å². The van der Waals surface area contributed by atoms with E-state index in [4.69, 9.17) is 4.52 Å². The van der Waals surface area contributed by atoms with Crippen LogP contribution in [0.15, 0.2) is 4.52 Å². The van der Waals surface area contributed by atoms with Crippen LogP contribution in [0, 0.1) is 5.92 Å². The van der Waals surface area contributed by atoms with E-state index in [1.165, 1.54) is 44.9 Å². The molecule has 1 atom stereocenters. The van der Waals surface area contributed by atoms with E-state index >= 15 is 0 Å². The van der Waals surface area contributed by atoms with Gasteiger partial charge < -0.3 is 9.84 Å². The first-order valence-corrected chi connectivity index (χ1v) is 7.90. The summed E-state index contributed by atoms with van der Waals surface area (Å²) in [6.45, 7) is 3.42. The molecule has 0 amide bonds. The van der Waals surface area contributed by atoms with E-state index in [2.05, 4.69) is 22.4 Å². The van der Waals surface area contributed by atoms with Crippen molar-refractivity contribution in [1.82, 2.24) is 15.5 Å². The summed E-state index contributed by atoms with van der Waals surface area (Å²) in [7, 11) is 0. The standard InChI is InChI=1S/C15H25N3O/c1-11-6-8-12(9-7-11)15-17-14(18-19-15)13-5-3-2-4-10-16-13/h11-13,16H,2-10H2,1H3. The monoisotopic (exact) mass is 263 g/mol. The van der Waals surface area contributed by atoms with Gasteiger partial charge in [0.2, 0.25) is 5.89 Å². The SMILES string of the molecule is CC1CCC(c2nc(C3CCCCCN3)no2)CC1. The van der Waals surface area contributed by atoms with Gasteiger partial charge in [-0.15, -0.1) is 0 Å². The zero-order chi connectivity index (χ0) is 13.1. The van der Waals surface area contributed by atoms with Gasteiger partial charge in [-0.2, -0.15) is 4.98 Å². The van der Waals surface area contributed by atoms with E-state index in [1.807, 2.05) is 0 Å². The Balaban J connectivity index is 1.65. The number of nitrogens with one attached hydrogen (secondary N) is 1. The molecule has 1 aliphatic heterocycles. The van der Waals surface area contributed by atoms with Crippen LogP contribution in [0.5, 0.6) is 0 Å². The minimum Gasteiger partial charge on any atom is -0.339 e. The van der Waals surface area contributed by atoms with Crippen molar-refractivity contribution in [1.29, 1.82) is 0 Å². The zero-order valence-corrected chi connectivity index (χ0v) is 11.9. The molecule has 3 rings (SSSR count). The second-order valence-corrected chi connectivity index (χ2v) is 6.30. The molecule has 1 unspecified atom stereocenters. The third-order valence-electron chi connectivity index (χ3n) is 4.69. The Morgan fingerprint density at radius 1 is 1.05 bits per heavy atom. The molecule has 0 bridgehead atoms. The maximum absolute atomic E-state index is 5.53. The Morgan fingerprint density at radius 3 is 2.74 bits per heavy atom. The van der Waals surface area contributed by atoms with Gasteiger partial charge >= 0.3 is 0 Å². The van der Waals surface area contributed by atoms with Gasteiger partial charge in [0.15, 0.2) is 5.82 Å². The lowest BCUT2D eigenvalue weighted by molar-refractivity contribution is 0.279. The second kappa shape index (κ2) is 6.04. The molecule has 2 heterocycles. The van der Waals surface area contributed by atoms with E-state index in [-0.39, 0.29) is 0 Å². The molecule has 4 heteroatoms. The first kappa shape index (κ1) is 13.1. The largest absolute Gasteiger partial charge is 0.339 e.